The van der Waals surface area contributed by atoms with Gasteiger partial charge in [0, 0.05) is 11.1 Å². The van der Waals surface area contributed by atoms with Crippen molar-refractivity contribution in [1.29, 1.82) is 5.26 Å². The van der Waals surface area contributed by atoms with Crippen LogP contribution in [-0.4, -0.2) is 26.2 Å². The second kappa shape index (κ2) is 10.2. The van der Waals surface area contributed by atoms with E-state index in [0.717, 1.165) is 5.56 Å². The van der Waals surface area contributed by atoms with Gasteiger partial charge in [0.2, 0.25) is 0 Å². The van der Waals surface area contributed by atoms with Crippen molar-refractivity contribution in [3.05, 3.63) is 51.0 Å². The van der Waals surface area contributed by atoms with Gasteiger partial charge in [0.1, 0.15) is 17.4 Å². The normalized spacial score (nSPS) is 11.1. The molecule has 0 unspecified atom stereocenters. The summed E-state index contributed by atoms with van der Waals surface area (Å²) in [7, 11) is 2.95. The van der Waals surface area contributed by atoms with Gasteiger partial charge in [-0.05, 0) is 56.2 Å². The molecule has 0 aliphatic carbocycles. The van der Waals surface area contributed by atoms with E-state index in [9.17, 15) is 10.1 Å². The second-order valence-corrected chi connectivity index (χ2v) is 7.44. The topological polar surface area (TPSA) is 80.6 Å². The number of hydrogen-bond acceptors (Lipinski definition) is 5. The number of hydrogen-bond donors (Lipinski definition) is 1. The summed E-state index contributed by atoms with van der Waals surface area (Å²) in [5.41, 5.74) is 1.55. The molecule has 6 nitrogen and oxygen atoms in total. The number of benzene rings is 2. The maximum atomic E-state index is 12.7. The molecule has 0 heterocycles. The third-order valence-electron chi connectivity index (χ3n) is 4.01. The fraction of sp³-hybridized carbons (Fsp3) is 0.273. The molecule has 0 saturated heterocycles. The Morgan fingerprint density at radius 1 is 1.10 bits per heavy atom. The molecule has 8 heteroatoms. The molecular formula is C22H22Cl2N2O4. The molecule has 0 aromatic heterocycles. The molecule has 0 bridgehead atoms. The van der Waals surface area contributed by atoms with E-state index in [1.165, 1.54) is 20.3 Å². The highest BCUT2D eigenvalue weighted by molar-refractivity contribution is 6.32. The lowest BCUT2D eigenvalue weighted by Gasteiger charge is -2.16. The third-order valence-corrected chi connectivity index (χ3v) is 4.70. The van der Waals surface area contributed by atoms with E-state index in [-0.39, 0.29) is 11.7 Å². The minimum Gasteiger partial charge on any atom is -0.495 e. The summed E-state index contributed by atoms with van der Waals surface area (Å²) in [4.78, 5) is 12.7. The maximum Gasteiger partial charge on any atom is 0.266 e. The van der Waals surface area contributed by atoms with Crippen LogP contribution >= 0.6 is 23.2 Å². The maximum absolute atomic E-state index is 12.7. The standard InChI is InChI=1S/C22H22Cl2N2O4/c1-12(2)30-21-17(24)8-14(9-20(21)29-5)7-15(11-25)22(27)26-18-6-13(3)16(23)10-19(18)28-4/h6-10,12H,1-5H3,(H,26,27)/b15-7+. The van der Waals surface area contributed by atoms with E-state index in [1.54, 1.807) is 31.2 Å². The first-order valence-electron chi connectivity index (χ1n) is 9.01. The number of ether oxygens (including phenoxy) is 3. The zero-order valence-electron chi connectivity index (χ0n) is 17.3. The fourth-order valence-corrected chi connectivity index (χ4v) is 3.03. The lowest BCUT2D eigenvalue weighted by Crippen LogP contribution is -2.14. The number of amides is 1. The van der Waals surface area contributed by atoms with Crippen LogP contribution in [0.5, 0.6) is 17.2 Å². The number of rotatable bonds is 7. The van der Waals surface area contributed by atoms with Crippen LogP contribution in [0, 0.1) is 18.3 Å². The van der Waals surface area contributed by atoms with Gasteiger partial charge in [-0.15, -0.1) is 0 Å². The molecule has 2 aromatic rings. The molecule has 0 radical (unpaired) electrons. The predicted octanol–water partition coefficient (Wildman–Crippen LogP) is 5.65. The smallest absolute Gasteiger partial charge is 0.266 e. The molecule has 0 spiro atoms. The summed E-state index contributed by atoms with van der Waals surface area (Å²) in [5.74, 6) is 0.581. The highest BCUT2D eigenvalue weighted by Crippen LogP contribution is 2.38. The van der Waals surface area contributed by atoms with E-state index in [4.69, 9.17) is 37.4 Å². The monoisotopic (exact) mass is 448 g/mol. The van der Waals surface area contributed by atoms with Crippen molar-refractivity contribution >= 4 is 40.9 Å². The first kappa shape index (κ1) is 23.4. The number of methoxy groups -OCH3 is 2. The molecule has 1 N–H and O–H groups in total. The molecule has 1 amide bonds. The summed E-state index contributed by atoms with van der Waals surface area (Å²) >= 11 is 12.4. The number of halogens is 2. The number of anilines is 1. The molecule has 0 atom stereocenters. The van der Waals surface area contributed by atoms with Crippen LogP contribution < -0.4 is 19.5 Å². The molecule has 0 aliphatic heterocycles. The quantitative estimate of drug-likeness (QED) is 0.436. The van der Waals surface area contributed by atoms with Crippen molar-refractivity contribution in [3.8, 4) is 23.3 Å². The zero-order chi connectivity index (χ0) is 22.4. The zero-order valence-corrected chi connectivity index (χ0v) is 18.8. The third kappa shape index (κ3) is 5.59. The number of carbonyl (C=O) groups is 1. The first-order chi connectivity index (χ1) is 14.2. The van der Waals surface area contributed by atoms with E-state index >= 15 is 0 Å². The van der Waals surface area contributed by atoms with Crippen molar-refractivity contribution < 1.29 is 19.0 Å². The van der Waals surface area contributed by atoms with Crippen LogP contribution in [-0.2, 0) is 4.79 Å². The van der Waals surface area contributed by atoms with Crippen molar-refractivity contribution in [2.75, 3.05) is 19.5 Å². The molecule has 2 rings (SSSR count). The Morgan fingerprint density at radius 3 is 2.33 bits per heavy atom. The van der Waals surface area contributed by atoms with Gasteiger partial charge in [0.15, 0.2) is 11.5 Å². The lowest BCUT2D eigenvalue weighted by molar-refractivity contribution is -0.112. The Labute approximate surface area is 185 Å². The van der Waals surface area contributed by atoms with Gasteiger partial charge in [0.25, 0.3) is 5.91 Å². The van der Waals surface area contributed by atoms with Gasteiger partial charge in [0.05, 0.1) is 31.0 Å². The van der Waals surface area contributed by atoms with E-state index < -0.39 is 5.91 Å². The van der Waals surface area contributed by atoms with Crippen LogP contribution in [0.4, 0.5) is 5.69 Å². The summed E-state index contributed by atoms with van der Waals surface area (Å²) in [6.07, 6.45) is 1.31. The summed E-state index contributed by atoms with van der Waals surface area (Å²) < 4.78 is 16.3. The molecule has 158 valence electrons. The molecule has 30 heavy (non-hydrogen) atoms. The van der Waals surface area contributed by atoms with Crippen molar-refractivity contribution in [1.82, 2.24) is 0 Å². The number of nitrogens with zero attached hydrogens (tertiary/aromatic N) is 1. The molecule has 0 fully saturated rings. The van der Waals surface area contributed by atoms with Crippen LogP contribution in [0.2, 0.25) is 10.0 Å². The van der Waals surface area contributed by atoms with Crippen LogP contribution in [0.15, 0.2) is 29.8 Å². The van der Waals surface area contributed by atoms with Crippen LogP contribution in [0.25, 0.3) is 6.08 Å². The summed E-state index contributed by atoms with van der Waals surface area (Å²) in [6.45, 7) is 5.54. The molecule has 2 aromatic carbocycles. The number of carbonyl (C=O) groups excluding carboxylic acids is 1. The van der Waals surface area contributed by atoms with Gasteiger partial charge in [-0.1, -0.05) is 23.2 Å². The van der Waals surface area contributed by atoms with Gasteiger partial charge in [-0.25, -0.2) is 0 Å². The Bertz CT molecular complexity index is 1030. The Balaban J connectivity index is 2.38. The molecular weight excluding hydrogens is 427 g/mol. The van der Waals surface area contributed by atoms with E-state index in [0.29, 0.717) is 38.5 Å². The van der Waals surface area contributed by atoms with Gasteiger partial charge in [-0.3, -0.25) is 4.79 Å². The highest BCUT2D eigenvalue weighted by atomic mass is 35.5. The van der Waals surface area contributed by atoms with Crippen molar-refractivity contribution in [3.63, 3.8) is 0 Å². The predicted molar refractivity (Wildman–Crippen MR) is 119 cm³/mol. The van der Waals surface area contributed by atoms with Crippen LogP contribution in [0.1, 0.15) is 25.0 Å². The molecule has 0 saturated carbocycles. The van der Waals surface area contributed by atoms with Gasteiger partial charge < -0.3 is 19.5 Å². The lowest BCUT2D eigenvalue weighted by atomic mass is 10.1. The summed E-state index contributed by atoms with van der Waals surface area (Å²) in [6, 6.07) is 8.41. The largest absolute Gasteiger partial charge is 0.495 e. The average Bonchev–Trinajstić information content (AvgIpc) is 2.69. The number of nitriles is 1. The van der Waals surface area contributed by atoms with E-state index in [1.807, 2.05) is 19.9 Å². The van der Waals surface area contributed by atoms with Crippen molar-refractivity contribution in [2.24, 2.45) is 0 Å². The molecule has 0 aliphatic rings. The van der Waals surface area contributed by atoms with Gasteiger partial charge in [-0.2, -0.15) is 5.26 Å². The summed E-state index contributed by atoms with van der Waals surface area (Å²) in [5, 5.41) is 13.0. The average molecular weight is 449 g/mol. The first-order valence-corrected chi connectivity index (χ1v) is 9.77. The Kier molecular flexibility index (Phi) is 7.99. The van der Waals surface area contributed by atoms with Gasteiger partial charge >= 0.3 is 0 Å². The second-order valence-electron chi connectivity index (χ2n) is 6.63. The number of nitrogens with one attached hydrogen (secondary N) is 1. The minimum absolute atomic E-state index is 0.101. The Hall–Kier alpha value is -2.88. The van der Waals surface area contributed by atoms with E-state index in [2.05, 4.69) is 5.32 Å². The van der Waals surface area contributed by atoms with Crippen LogP contribution in [0.3, 0.4) is 0 Å². The SMILES string of the molecule is COc1cc(Cl)c(C)cc1NC(=O)/C(C#N)=C/c1cc(Cl)c(OC(C)C)c(OC)c1. The Morgan fingerprint density at radius 2 is 1.77 bits per heavy atom. The highest BCUT2D eigenvalue weighted by Gasteiger charge is 2.17. The minimum atomic E-state index is -0.602. The fourth-order valence-electron chi connectivity index (χ4n) is 2.61. The van der Waals surface area contributed by atoms with Crippen molar-refractivity contribution in [2.45, 2.75) is 26.9 Å². The number of aryl methyl sites for hydroxylation is 1.